The molecule has 0 atom stereocenters. The van der Waals surface area contributed by atoms with Gasteiger partial charge in [0.25, 0.3) is 5.91 Å². The number of aromatic nitrogens is 1. The highest BCUT2D eigenvalue weighted by molar-refractivity contribution is 6.07. The molecule has 2 aromatic carbocycles. The Morgan fingerprint density at radius 1 is 0.976 bits per heavy atom. The van der Waals surface area contributed by atoms with Crippen LogP contribution in [0.1, 0.15) is 28.4 Å². The number of anilines is 3. The molecule has 0 unspecified atom stereocenters. The van der Waals surface area contributed by atoms with Crippen molar-refractivity contribution in [3.05, 3.63) is 71.2 Å². The molecule has 2 aliphatic heterocycles. The first kappa shape index (κ1) is 28.7. The second kappa shape index (κ2) is 12.8. The van der Waals surface area contributed by atoms with Crippen LogP contribution in [-0.4, -0.2) is 86.1 Å². The van der Waals surface area contributed by atoms with Gasteiger partial charge in [0, 0.05) is 64.5 Å². The molecule has 0 bridgehead atoms. The molecule has 2 fully saturated rings. The van der Waals surface area contributed by atoms with E-state index in [0.29, 0.717) is 47.0 Å². The van der Waals surface area contributed by atoms with E-state index in [9.17, 15) is 9.59 Å². The Balaban J connectivity index is 1.46. The first-order chi connectivity index (χ1) is 19.8. The van der Waals surface area contributed by atoms with E-state index in [1.165, 1.54) is 19.2 Å². The first-order valence-electron chi connectivity index (χ1n) is 14.0. The average Bonchev–Trinajstić information content (AvgIpc) is 2.95. The highest BCUT2D eigenvalue weighted by atomic mass is 19.1. The minimum Gasteiger partial charge on any atom is -0.379 e. The van der Waals surface area contributed by atoms with E-state index in [1.54, 1.807) is 13.0 Å². The standard InChI is InChI=1S/C31H37FN6O3/c1-21-16-30(34-22(2)39)33-19-26(21)31(40)35-28-18-24(5-7-29(28)38-10-8-36(3)9-11-38)25-17-23(4-6-27(25)32)20-37-12-14-41-15-13-37/h4-7,16-19H,8-15,20H2,1-3H3,(H,35,40)(H,33,34,39). The Hall–Kier alpha value is -3.86. The number of benzene rings is 2. The van der Waals surface area contributed by atoms with Crippen molar-refractivity contribution < 1.29 is 18.7 Å². The fraction of sp³-hybridized carbons (Fsp3) is 0.387. The van der Waals surface area contributed by atoms with Crippen molar-refractivity contribution in [1.29, 1.82) is 0 Å². The first-order valence-corrected chi connectivity index (χ1v) is 14.0. The monoisotopic (exact) mass is 560 g/mol. The number of hydrogen-bond acceptors (Lipinski definition) is 7. The van der Waals surface area contributed by atoms with E-state index in [2.05, 4.69) is 37.4 Å². The van der Waals surface area contributed by atoms with E-state index in [-0.39, 0.29) is 17.6 Å². The number of aryl methyl sites for hydroxylation is 1. The van der Waals surface area contributed by atoms with Gasteiger partial charge in [0.2, 0.25) is 5.91 Å². The van der Waals surface area contributed by atoms with Crippen molar-refractivity contribution in [2.24, 2.45) is 0 Å². The van der Waals surface area contributed by atoms with Crippen LogP contribution in [0.4, 0.5) is 21.6 Å². The molecule has 3 aromatic rings. The van der Waals surface area contributed by atoms with Gasteiger partial charge in [-0.05, 0) is 61.0 Å². The van der Waals surface area contributed by atoms with Gasteiger partial charge in [0.05, 0.1) is 30.2 Å². The van der Waals surface area contributed by atoms with E-state index >= 15 is 4.39 Å². The maximum atomic E-state index is 15.2. The number of carbonyl (C=O) groups excluding carboxylic acids is 2. The Morgan fingerprint density at radius 3 is 2.44 bits per heavy atom. The molecule has 0 saturated carbocycles. The molecule has 9 nitrogen and oxygen atoms in total. The van der Waals surface area contributed by atoms with Gasteiger partial charge in [-0.2, -0.15) is 0 Å². The number of pyridine rings is 1. The summed E-state index contributed by atoms with van der Waals surface area (Å²) >= 11 is 0. The summed E-state index contributed by atoms with van der Waals surface area (Å²) in [6, 6.07) is 12.7. The molecule has 216 valence electrons. The molecule has 0 radical (unpaired) electrons. The van der Waals surface area contributed by atoms with Gasteiger partial charge in [0.15, 0.2) is 0 Å². The van der Waals surface area contributed by atoms with Crippen LogP contribution < -0.4 is 15.5 Å². The second-order valence-corrected chi connectivity index (χ2v) is 10.7. The lowest BCUT2D eigenvalue weighted by molar-refractivity contribution is -0.114. The molecule has 1 aromatic heterocycles. The van der Waals surface area contributed by atoms with Crippen LogP contribution in [0.2, 0.25) is 0 Å². The maximum Gasteiger partial charge on any atom is 0.257 e. The molecule has 2 amide bonds. The molecule has 3 heterocycles. The van der Waals surface area contributed by atoms with Crippen LogP contribution in [0.25, 0.3) is 11.1 Å². The number of morpholine rings is 1. The van der Waals surface area contributed by atoms with Crippen molar-refractivity contribution in [2.45, 2.75) is 20.4 Å². The number of nitrogens with one attached hydrogen (secondary N) is 2. The summed E-state index contributed by atoms with van der Waals surface area (Å²) in [5.74, 6) is -0.476. The number of nitrogens with zero attached hydrogens (tertiary/aromatic N) is 4. The molecule has 0 spiro atoms. The van der Waals surface area contributed by atoms with Gasteiger partial charge in [-0.25, -0.2) is 9.37 Å². The average molecular weight is 561 g/mol. The van der Waals surface area contributed by atoms with Gasteiger partial charge in [-0.15, -0.1) is 0 Å². The summed E-state index contributed by atoms with van der Waals surface area (Å²) in [7, 11) is 2.09. The number of carbonyl (C=O) groups is 2. The van der Waals surface area contributed by atoms with Crippen LogP contribution in [0.15, 0.2) is 48.7 Å². The molecule has 10 heteroatoms. The van der Waals surface area contributed by atoms with E-state index in [1.807, 2.05) is 30.3 Å². The van der Waals surface area contributed by atoms with E-state index < -0.39 is 0 Å². The largest absolute Gasteiger partial charge is 0.379 e. The number of amides is 2. The molecule has 2 N–H and O–H groups in total. The summed E-state index contributed by atoms with van der Waals surface area (Å²) < 4.78 is 20.7. The van der Waals surface area contributed by atoms with Gasteiger partial charge in [0.1, 0.15) is 11.6 Å². The predicted octanol–water partition coefficient (Wildman–Crippen LogP) is 3.99. The van der Waals surface area contributed by atoms with Gasteiger partial charge in [-0.3, -0.25) is 14.5 Å². The molecule has 5 rings (SSSR count). The predicted molar refractivity (Wildman–Crippen MR) is 159 cm³/mol. The minimum atomic E-state index is -0.321. The fourth-order valence-electron chi connectivity index (χ4n) is 5.27. The van der Waals surface area contributed by atoms with Crippen molar-refractivity contribution in [3.63, 3.8) is 0 Å². The number of piperazine rings is 1. The minimum absolute atomic E-state index is 0.232. The summed E-state index contributed by atoms with van der Waals surface area (Å²) in [5.41, 5.74) is 4.79. The van der Waals surface area contributed by atoms with Crippen LogP contribution in [0.3, 0.4) is 0 Å². The third kappa shape index (κ3) is 7.08. The third-order valence-electron chi connectivity index (χ3n) is 7.60. The number of likely N-dealkylation sites (N-methyl/N-ethyl adjacent to an activating group) is 1. The zero-order chi connectivity index (χ0) is 28.9. The summed E-state index contributed by atoms with van der Waals surface area (Å²) in [4.78, 5) is 35.9. The van der Waals surface area contributed by atoms with Gasteiger partial charge >= 0.3 is 0 Å². The number of hydrogen-bond donors (Lipinski definition) is 2. The lowest BCUT2D eigenvalue weighted by Crippen LogP contribution is -2.44. The van der Waals surface area contributed by atoms with E-state index in [4.69, 9.17) is 4.74 Å². The molecule has 2 aliphatic rings. The van der Waals surface area contributed by atoms with Crippen molar-refractivity contribution in [2.75, 3.05) is 75.1 Å². The molecular formula is C31H37FN6O3. The van der Waals surface area contributed by atoms with Crippen LogP contribution >= 0.6 is 0 Å². The lowest BCUT2D eigenvalue weighted by atomic mass is 10.00. The van der Waals surface area contributed by atoms with Crippen molar-refractivity contribution >= 4 is 29.0 Å². The normalized spacial score (nSPS) is 16.4. The summed E-state index contributed by atoms with van der Waals surface area (Å²) in [6.45, 7) is 10.5. The topological polar surface area (TPSA) is 90.0 Å². The molecule has 0 aliphatic carbocycles. The maximum absolute atomic E-state index is 15.2. The second-order valence-electron chi connectivity index (χ2n) is 10.7. The lowest BCUT2D eigenvalue weighted by Gasteiger charge is -2.35. The van der Waals surface area contributed by atoms with Gasteiger partial charge < -0.3 is 25.2 Å². The highest BCUT2D eigenvalue weighted by Crippen LogP contribution is 2.34. The zero-order valence-electron chi connectivity index (χ0n) is 23.9. The quantitative estimate of drug-likeness (QED) is 0.452. The molecule has 2 saturated heterocycles. The highest BCUT2D eigenvalue weighted by Gasteiger charge is 2.21. The van der Waals surface area contributed by atoms with Crippen molar-refractivity contribution in [1.82, 2.24) is 14.8 Å². The summed E-state index contributed by atoms with van der Waals surface area (Å²) in [5, 5.41) is 5.72. The number of halogens is 1. The Kier molecular flexibility index (Phi) is 8.92. The molecule has 41 heavy (non-hydrogen) atoms. The van der Waals surface area contributed by atoms with Gasteiger partial charge in [-0.1, -0.05) is 12.1 Å². The Bertz CT molecular complexity index is 1420. The number of ether oxygens (including phenoxy) is 1. The van der Waals surface area contributed by atoms with Crippen molar-refractivity contribution in [3.8, 4) is 11.1 Å². The smallest absolute Gasteiger partial charge is 0.257 e. The molecular weight excluding hydrogens is 523 g/mol. The third-order valence-corrected chi connectivity index (χ3v) is 7.60. The Morgan fingerprint density at radius 2 is 1.73 bits per heavy atom. The summed E-state index contributed by atoms with van der Waals surface area (Å²) in [6.07, 6.45) is 1.46. The van der Waals surface area contributed by atoms with Crippen LogP contribution in [-0.2, 0) is 16.1 Å². The van der Waals surface area contributed by atoms with Crippen LogP contribution in [0.5, 0.6) is 0 Å². The zero-order valence-corrected chi connectivity index (χ0v) is 23.9. The van der Waals surface area contributed by atoms with E-state index in [0.717, 1.165) is 57.1 Å². The fourth-order valence-corrected chi connectivity index (χ4v) is 5.27. The SMILES string of the molecule is CC(=O)Nc1cc(C)c(C(=O)Nc2cc(-c3cc(CN4CCOCC4)ccc3F)ccc2N2CCN(C)CC2)cn1. The van der Waals surface area contributed by atoms with Crippen LogP contribution in [0, 0.1) is 12.7 Å². The number of rotatable bonds is 7. The Labute approximate surface area is 240 Å².